The van der Waals surface area contributed by atoms with Crippen LogP contribution in [0.15, 0.2) is 18.6 Å². The predicted molar refractivity (Wildman–Crippen MR) is 42.6 cm³/mol. The van der Waals surface area contributed by atoms with Crippen molar-refractivity contribution in [1.29, 1.82) is 0 Å². The number of hydrogen-bond donors (Lipinski definition) is 3. The van der Waals surface area contributed by atoms with Crippen LogP contribution < -0.4 is 5.73 Å². The van der Waals surface area contributed by atoms with Crippen LogP contribution in [-0.2, 0) is 4.79 Å². The summed E-state index contributed by atoms with van der Waals surface area (Å²) in [6, 6.07) is -1.38. The molecule has 0 aliphatic carbocycles. The highest BCUT2D eigenvalue weighted by atomic mass is 16.4. The Morgan fingerprint density at radius 2 is 2.23 bits per heavy atom. The highest BCUT2D eigenvalue weighted by molar-refractivity contribution is 5.74. The summed E-state index contributed by atoms with van der Waals surface area (Å²) in [5.41, 5.74) is 5.33. The van der Waals surface area contributed by atoms with Gasteiger partial charge in [0.25, 0.3) is 0 Å². The molecule has 70 valence electrons. The molecule has 6 heteroatoms. The summed E-state index contributed by atoms with van der Waals surface area (Å²) in [6.07, 6.45) is 2.72. The average Bonchev–Trinajstić information content (AvgIpc) is 2.17. The third kappa shape index (κ3) is 2.20. The van der Waals surface area contributed by atoms with Crippen molar-refractivity contribution in [2.24, 2.45) is 5.73 Å². The SMILES string of the molecule is NC(C(=O)O)C(O)c1cnccn1. The van der Waals surface area contributed by atoms with Gasteiger partial charge in [-0.2, -0.15) is 0 Å². The minimum absolute atomic E-state index is 0.150. The number of nitrogens with zero attached hydrogens (tertiary/aromatic N) is 2. The first-order valence-electron chi connectivity index (χ1n) is 3.55. The average molecular weight is 183 g/mol. The van der Waals surface area contributed by atoms with Gasteiger partial charge in [-0.05, 0) is 0 Å². The van der Waals surface area contributed by atoms with Crippen molar-refractivity contribution in [2.75, 3.05) is 0 Å². The van der Waals surface area contributed by atoms with E-state index in [-0.39, 0.29) is 5.69 Å². The molecule has 0 aliphatic rings. The van der Waals surface area contributed by atoms with Gasteiger partial charge in [-0.15, -0.1) is 0 Å². The standard InChI is InChI=1S/C7H9N3O3/c8-5(7(12)13)6(11)4-3-9-1-2-10-4/h1-3,5-6,11H,8H2,(H,12,13). The largest absolute Gasteiger partial charge is 0.480 e. The lowest BCUT2D eigenvalue weighted by molar-refractivity contribution is -0.141. The van der Waals surface area contributed by atoms with E-state index in [4.69, 9.17) is 10.8 Å². The predicted octanol–water partition coefficient (Wildman–Crippen LogP) is -1.08. The monoisotopic (exact) mass is 183 g/mol. The maximum Gasteiger partial charge on any atom is 0.323 e. The van der Waals surface area contributed by atoms with Crippen molar-refractivity contribution < 1.29 is 15.0 Å². The van der Waals surface area contributed by atoms with Gasteiger partial charge in [0.1, 0.15) is 12.1 Å². The Balaban J connectivity index is 2.79. The molecule has 0 aliphatic heterocycles. The highest BCUT2D eigenvalue weighted by Gasteiger charge is 2.24. The fourth-order valence-corrected chi connectivity index (χ4v) is 0.782. The van der Waals surface area contributed by atoms with Crippen molar-refractivity contribution in [2.45, 2.75) is 12.1 Å². The first kappa shape index (κ1) is 9.56. The number of hydrogen-bond acceptors (Lipinski definition) is 5. The number of aliphatic carboxylic acids is 1. The van der Waals surface area contributed by atoms with Crippen LogP contribution in [0.4, 0.5) is 0 Å². The lowest BCUT2D eigenvalue weighted by atomic mass is 10.1. The number of aromatic nitrogens is 2. The Bertz CT molecular complexity index is 290. The molecular formula is C7H9N3O3. The highest BCUT2D eigenvalue weighted by Crippen LogP contribution is 2.10. The van der Waals surface area contributed by atoms with Crippen molar-refractivity contribution >= 4 is 5.97 Å². The van der Waals surface area contributed by atoms with Gasteiger partial charge in [0.05, 0.1) is 11.9 Å². The molecule has 0 saturated heterocycles. The van der Waals surface area contributed by atoms with Gasteiger partial charge in [0.15, 0.2) is 0 Å². The number of carboxylic acid groups (broad SMARTS) is 1. The lowest BCUT2D eigenvalue weighted by Gasteiger charge is -2.12. The van der Waals surface area contributed by atoms with Crippen molar-refractivity contribution in [3.05, 3.63) is 24.3 Å². The first-order chi connectivity index (χ1) is 6.13. The summed E-state index contributed by atoms with van der Waals surface area (Å²) in [5, 5.41) is 17.8. The molecule has 6 nitrogen and oxygen atoms in total. The van der Waals surface area contributed by atoms with Crippen LogP contribution >= 0.6 is 0 Å². The molecule has 0 saturated carbocycles. The summed E-state index contributed by atoms with van der Waals surface area (Å²) in [4.78, 5) is 17.8. The molecule has 0 radical (unpaired) electrons. The van der Waals surface area contributed by atoms with Crippen molar-refractivity contribution in [3.63, 3.8) is 0 Å². The molecule has 0 spiro atoms. The number of carboxylic acids is 1. The number of rotatable bonds is 3. The Hall–Kier alpha value is -1.53. The Labute approximate surface area is 74.1 Å². The Kier molecular flexibility index (Phi) is 2.88. The molecule has 0 amide bonds. The van der Waals surface area contributed by atoms with E-state index in [1.165, 1.54) is 18.6 Å². The molecule has 1 rings (SSSR count). The molecule has 0 aromatic carbocycles. The molecule has 2 atom stereocenters. The quantitative estimate of drug-likeness (QED) is 0.550. The van der Waals surface area contributed by atoms with E-state index in [1.54, 1.807) is 0 Å². The third-order valence-electron chi connectivity index (χ3n) is 1.51. The summed E-state index contributed by atoms with van der Waals surface area (Å²) in [5.74, 6) is -1.28. The van der Waals surface area contributed by atoms with Gasteiger partial charge in [-0.1, -0.05) is 0 Å². The summed E-state index contributed by atoms with van der Waals surface area (Å²) >= 11 is 0. The molecule has 1 aromatic heterocycles. The summed E-state index contributed by atoms with van der Waals surface area (Å²) in [7, 11) is 0. The third-order valence-corrected chi connectivity index (χ3v) is 1.51. The second-order valence-electron chi connectivity index (χ2n) is 2.44. The lowest BCUT2D eigenvalue weighted by Crippen LogP contribution is -2.36. The van der Waals surface area contributed by atoms with Crippen LogP contribution in [-0.4, -0.2) is 32.2 Å². The summed E-state index contributed by atoms with van der Waals surface area (Å²) in [6.45, 7) is 0. The molecule has 2 unspecified atom stereocenters. The number of aliphatic hydroxyl groups excluding tert-OH is 1. The minimum atomic E-state index is -1.38. The van der Waals surface area contributed by atoms with Crippen molar-refractivity contribution in [1.82, 2.24) is 9.97 Å². The first-order valence-corrected chi connectivity index (χ1v) is 3.55. The van der Waals surface area contributed by atoms with E-state index in [1.807, 2.05) is 0 Å². The molecule has 4 N–H and O–H groups in total. The van der Waals surface area contributed by atoms with Crippen LogP contribution in [0, 0.1) is 0 Å². The molecule has 1 heterocycles. The fraction of sp³-hybridized carbons (Fsp3) is 0.286. The zero-order valence-electron chi connectivity index (χ0n) is 6.66. The number of carbonyl (C=O) groups is 1. The molecular weight excluding hydrogens is 174 g/mol. The number of nitrogens with two attached hydrogens (primary N) is 1. The van der Waals surface area contributed by atoms with E-state index in [0.29, 0.717) is 0 Å². The Morgan fingerprint density at radius 3 is 2.69 bits per heavy atom. The Morgan fingerprint density at radius 1 is 1.54 bits per heavy atom. The van der Waals surface area contributed by atoms with Crippen LogP contribution in [0.3, 0.4) is 0 Å². The van der Waals surface area contributed by atoms with E-state index < -0.39 is 18.1 Å². The van der Waals surface area contributed by atoms with Gasteiger partial charge >= 0.3 is 5.97 Å². The minimum Gasteiger partial charge on any atom is -0.480 e. The van der Waals surface area contributed by atoms with E-state index in [0.717, 1.165) is 0 Å². The van der Waals surface area contributed by atoms with Crippen molar-refractivity contribution in [3.8, 4) is 0 Å². The second kappa shape index (κ2) is 3.92. The summed E-state index contributed by atoms with van der Waals surface area (Å²) < 4.78 is 0. The smallest absolute Gasteiger partial charge is 0.323 e. The normalized spacial score (nSPS) is 14.9. The molecule has 13 heavy (non-hydrogen) atoms. The zero-order valence-corrected chi connectivity index (χ0v) is 6.66. The van der Waals surface area contributed by atoms with E-state index in [9.17, 15) is 9.90 Å². The van der Waals surface area contributed by atoms with Crippen LogP contribution in [0.25, 0.3) is 0 Å². The zero-order chi connectivity index (χ0) is 9.84. The van der Waals surface area contributed by atoms with Gasteiger partial charge in [-0.25, -0.2) is 0 Å². The van der Waals surface area contributed by atoms with Gasteiger partial charge in [-0.3, -0.25) is 14.8 Å². The van der Waals surface area contributed by atoms with Gasteiger partial charge in [0, 0.05) is 12.4 Å². The van der Waals surface area contributed by atoms with Crippen LogP contribution in [0.2, 0.25) is 0 Å². The van der Waals surface area contributed by atoms with Crippen LogP contribution in [0.5, 0.6) is 0 Å². The van der Waals surface area contributed by atoms with Gasteiger partial charge < -0.3 is 15.9 Å². The topological polar surface area (TPSA) is 109 Å². The fourth-order valence-electron chi connectivity index (χ4n) is 0.782. The second-order valence-corrected chi connectivity index (χ2v) is 2.44. The maximum absolute atomic E-state index is 10.4. The maximum atomic E-state index is 10.4. The number of aliphatic hydroxyl groups is 1. The molecule has 1 aromatic rings. The van der Waals surface area contributed by atoms with E-state index in [2.05, 4.69) is 9.97 Å². The molecule has 0 bridgehead atoms. The molecule has 0 fully saturated rings. The van der Waals surface area contributed by atoms with E-state index >= 15 is 0 Å². The van der Waals surface area contributed by atoms with Crippen LogP contribution in [0.1, 0.15) is 11.8 Å². The van der Waals surface area contributed by atoms with Gasteiger partial charge in [0.2, 0.25) is 0 Å².